The van der Waals surface area contributed by atoms with E-state index in [1.807, 2.05) is 0 Å². The fourth-order valence-corrected chi connectivity index (χ4v) is 4.06. The monoisotopic (exact) mass is 347 g/mol. The minimum Gasteiger partial charge on any atom is -0.310 e. The molecular weight excluding hydrogens is 326 g/mol. The number of fused-ring (bicyclic) bond motifs is 3. The fourth-order valence-electron chi connectivity index (χ4n) is 4.06. The first kappa shape index (κ1) is 15.9. The zero-order valence-corrected chi connectivity index (χ0v) is 15.4. The lowest BCUT2D eigenvalue weighted by atomic mass is 10.0. The topological polar surface area (TPSA) is 3.24 Å². The summed E-state index contributed by atoms with van der Waals surface area (Å²) in [5.41, 5.74) is 10.4. The Morgan fingerprint density at radius 2 is 1.26 bits per heavy atom. The maximum absolute atomic E-state index is 2.35. The van der Waals surface area contributed by atoms with Crippen LogP contribution in [0.4, 0.5) is 17.1 Å². The van der Waals surface area contributed by atoms with Crippen LogP contribution in [0.25, 0.3) is 11.1 Å². The van der Waals surface area contributed by atoms with Gasteiger partial charge in [0.1, 0.15) is 0 Å². The van der Waals surface area contributed by atoms with Crippen molar-refractivity contribution < 1.29 is 0 Å². The highest BCUT2D eigenvalue weighted by Crippen LogP contribution is 2.41. The Morgan fingerprint density at radius 3 is 2.11 bits per heavy atom. The number of para-hydroxylation sites is 1. The van der Waals surface area contributed by atoms with E-state index >= 15 is 0 Å². The van der Waals surface area contributed by atoms with Gasteiger partial charge < -0.3 is 4.90 Å². The van der Waals surface area contributed by atoms with Gasteiger partial charge in [-0.25, -0.2) is 0 Å². The van der Waals surface area contributed by atoms with Gasteiger partial charge in [-0.1, -0.05) is 60.7 Å². The molecule has 0 aliphatic heterocycles. The minimum absolute atomic E-state index is 1.01. The lowest BCUT2D eigenvalue weighted by Crippen LogP contribution is -2.10. The third-order valence-corrected chi connectivity index (χ3v) is 5.31. The van der Waals surface area contributed by atoms with Gasteiger partial charge in [-0.05, 0) is 77.6 Å². The van der Waals surface area contributed by atoms with Crippen molar-refractivity contribution >= 4 is 17.1 Å². The predicted molar refractivity (Wildman–Crippen MR) is 114 cm³/mol. The third-order valence-electron chi connectivity index (χ3n) is 5.31. The normalized spacial score (nSPS) is 11.7. The summed E-state index contributed by atoms with van der Waals surface area (Å²) in [5.74, 6) is 0. The zero-order valence-electron chi connectivity index (χ0n) is 15.4. The zero-order chi connectivity index (χ0) is 18.2. The molecule has 0 N–H and O–H groups in total. The second kappa shape index (κ2) is 6.44. The Kier molecular flexibility index (Phi) is 3.79. The molecule has 0 unspecified atom stereocenters. The van der Waals surface area contributed by atoms with Gasteiger partial charge in [0.05, 0.1) is 0 Å². The number of hydrogen-bond acceptors (Lipinski definition) is 1. The van der Waals surface area contributed by atoms with Crippen molar-refractivity contribution in [3.8, 4) is 11.1 Å². The molecule has 1 nitrogen and oxygen atoms in total. The summed E-state index contributed by atoms with van der Waals surface area (Å²) < 4.78 is 0. The van der Waals surface area contributed by atoms with Crippen molar-refractivity contribution in [1.29, 1.82) is 0 Å². The van der Waals surface area contributed by atoms with E-state index in [-0.39, 0.29) is 0 Å². The van der Waals surface area contributed by atoms with E-state index in [0.29, 0.717) is 0 Å². The molecule has 4 aromatic carbocycles. The van der Waals surface area contributed by atoms with Gasteiger partial charge in [-0.15, -0.1) is 0 Å². The Morgan fingerprint density at radius 1 is 0.556 bits per heavy atom. The molecule has 0 amide bonds. The van der Waals surface area contributed by atoms with Crippen LogP contribution < -0.4 is 4.90 Å². The molecule has 1 aliphatic rings. The van der Waals surface area contributed by atoms with E-state index in [2.05, 4.69) is 109 Å². The first-order chi connectivity index (χ1) is 13.3. The van der Waals surface area contributed by atoms with Crippen LogP contribution in [-0.4, -0.2) is 0 Å². The summed E-state index contributed by atoms with van der Waals surface area (Å²) in [5, 5.41) is 0. The van der Waals surface area contributed by atoms with Gasteiger partial charge in [0, 0.05) is 17.1 Å². The summed E-state index contributed by atoms with van der Waals surface area (Å²) in [6, 6.07) is 34.9. The lowest BCUT2D eigenvalue weighted by Gasteiger charge is -2.26. The van der Waals surface area contributed by atoms with Crippen LogP contribution in [-0.2, 0) is 6.42 Å². The summed E-state index contributed by atoms with van der Waals surface area (Å²) in [4.78, 5) is 2.34. The van der Waals surface area contributed by atoms with E-state index in [1.54, 1.807) is 0 Å². The molecule has 27 heavy (non-hydrogen) atoms. The highest BCUT2D eigenvalue weighted by molar-refractivity contribution is 5.83. The van der Waals surface area contributed by atoms with Gasteiger partial charge in [-0.3, -0.25) is 0 Å². The van der Waals surface area contributed by atoms with E-state index in [4.69, 9.17) is 0 Å². The quantitative estimate of drug-likeness (QED) is 0.338. The molecule has 0 radical (unpaired) electrons. The minimum atomic E-state index is 1.01. The van der Waals surface area contributed by atoms with Gasteiger partial charge >= 0.3 is 0 Å². The molecule has 0 atom stereocenters. The number of nitrogens with zero attached hydrogens (tertiary/aromatic N) is 1. The molecule has 4 aromatic rings. The Balaban J connectivity index is 1.64. The highest BCUT2D eigenvalue weighted by atomic mass is 15.1. The standard InChI is InChI=1S/C26H21N/c1-19-8-7-12-23(16-19)27(22-10-3-2-4-11-22)24-14-15-26-21(18-24)17-20-9-5-6-13-25(20)26/h2-16,18H,17H2,1H3. The van der Waals surface area contributed by atoms with Gasteiger partial charge in [0.15, 0.2) is 0 Å². The van der Waals surface area contributed by atoms with E-state index in [1.165, 1.54) is 44.9 Å². The SMILES string of the molecule is Cc1cccc(N(c2ccccc2)c2ccc3c(c2)Cc2ccccc2-3)c1. The fraction of sp³-hybridized carbons (Fsp3) is 0.0769. The summed E-state index contributed by atoms with van der Waals surface area (Å²) in [6.07, 6.45) is 1.01. The van der Waals surface area contributed by atoms with Crippen LogP contribution >= 0.6 is 0 Å². The number of hydrogen-bond donors (Lipinski definition) is 0. The van der Waals surface area contributed by atoms with Crippen molar-refractivity contribution in [1.82, 2.24) is 0 Å². The smallest absolute Gasteiger partial charge is 0.0464 e. The molecule has 0 heterocycles. The molecule has 1 heteroatoms. The maximum Gasteiger partial charge on any atom is 0.0464 e. The lowest BCUT2D eigenvalue weighted by molar-refractivity contribution is 1.23. The van der Waals surface area contributed by atoms with Crippen molar-refractivity contribution in [2.24, 2.45) is 0 Å². The molecule has 0 fully saturated rings. The van der Waals surface area contributed by atoms with Crippen molar-refractivity contribution in [3.05, 3.63) is 114 Å². The molecule has 0 saturated carbocycles. The summed E-state index contributed by atoms with van der Waals surface area (Å²) in [6.45, 7) is 2.14. The van der Waals surface area contributed by atoms with Gasteiger partial charge in [0.25, 0.3) is 0 Å². The molecular formula is C26H21N. The predicted octanol–water partition coefficient (Wildman–Crippen LogP) is 7.04. The van der Waals surface area contributed by atoms with Crippen LogP contribution in [0.15, 0.2) is 97.1 Å². The van der Waals surface area contributed by atoms with Crippen LogP contribution in [0.2, 0.25) is 0 Å². The Labute approximate surface area is 160 Å². The Bertz CT molecular complexity index is 1110. The number of anilines is 3. The van der Waals surface area contributed by atoms with Crippen LogP contribution in [0, 0.1) is 6.92 Å². The molecule has 1 aliphatic carbocycles. The van der Waals surface area contributed by atoms with E-state index in [9.17, 15) is 0 Å². The van der Waals surface area contributed by atoms with Crippen molar-refractivity contribution in [3.63, 3.8) is 0 Å². The van der Waals surface area contributed by atoms with E-state index in [0.717, 1.165) is 6.42 Å². The molecule has 5 rings (SSSR count). The van der Waals surface area contributed by atoms with Gasteiger partial charge in [0.2, 0.25) is 0 Å². The Hall–Kier alpha value is -3.32. The highest BCUT2D eigenvalue weighted by Gasteiger charge is 2.20. The summed E-state index contributed by atoms with van der Waals surface area (Å²) >= 11 is 0. The number of aryl methyl sites for hydroxylation is 1. The van der Waals surface area contributed by atoms with Crippen LogP contribution in [0.1, 0.15) is 16.7 Å². The molecule has 0 saturated heterocycles. The molecule has 0 bridgehead atoms. The van der Waals surface area contributed by atoms with Crippen LogP contribution in [0.3, 0.4) is 0 Å². The maximum atomic E-state index is 2.35. The molecule has 0 spiro atoms. The number of benzene rings is 4. The van der Waals surface area contributed by atoms with Crippen molar-refractivity contribution in [2.45, 2.75) is 13.3 Å². The van der Waals surface area contributed by atoms with Gasteiger partial charge in [-0.2, -0.15) is 0 Å². The van der Waals surface area contributed by atoms with E-state index < -0.39 is 0 Å². The number of rotatable bonds is 3. The average Bonchev–Trinajstić information content (AvgIpc) is 3.07. The second-order valence-corrected chi connectivity index (χ2v) is 7.19. The largest absolute Gasteiger partial charge is 0.310 e. The first-order valence-electron chi connectivity index (χ1n) is 9.43. The molecule has 130 valence electrons. The second-order valence-electron chi connectivity index (χ2n) is 7.19. The van der Waals surface area contributed by atoms with Crippen molar-refractivity contribution in [2.75, 3.05) is 4.90 Å². The molecule has 0 aromatic heterocycles. The summed E-state index contributed by atoms with van der Waals surface area (Å²) in [7, 11) is 0. The average molecular weight is 347 g/mol. The van der Waals surface area contributed by atoms with Crippen LogP contribution in [0.5, 0.6) is 0 Å². The third kappa shape index (κ3) is 2.82. The first-order valence-corrected chi connectivity index (χ1v) is 9.43.